The molecule has 1 atom stereocenters. The molecule has 1 N–H and O–H groups in total. The van der Waals surface area contributed by atoms with Gasteiger partial charge in [-0.25, -0.2) is 9.78 Å². The summed E-state index contributed by atoms with van der Waals surface area (Å²) in [6, 6.07) is 15.7. The van der Waals surface area contributed by atoms with E-state index in [-0.39, 0.29) is 11.9 Å². The van der Waals surface area contributed by atoms with Gasteiger partial charge in [0.2, 0.25) is 0 Å². The summed E-state index contributed by atoms with van der Waals surface area (Å²) in [5, 5.41) is 4.43. The van der Waals surface area contributed by atoms with Gasteiger partial charge in [-0.15, -0.1) is 11.3 Å². The molecule has 0 aliphatic heterocycles. The molecule has 0 bridgehead atoms. The summed E-state index contributed by atoms with van der Waals surface area (Å²) in [6.45, 7) is 8.47. The minimum absolute atomic E-state index is 0.254. The lowest BCUT2D eigenvalue weighted by molar-refractivity contribution is 0.0526. The highest BCUT2D eigenvalue weighted by atomic mass is 32.1. The number of aryl methyl sites for hydroxylation is 2. The molecule has 1 aliphatic carbocycles. The van der Waals surface area contributed by atoms with E-state index in [1.807, 2.05) is 36.4 Å². The first-order valence-electron chi connectivity index (χ1n) is 12.5. The number of fused-ring (bicyclic) bond motifs is 2. The molecule has 2 aromatic heterocycles. The molecule has 0 saturated heterocycles. The highest BCUT2D eigenvalue weighted by Gasteiger charge is 2.29. The number of thiophene rings is 1. The number of carbonyl (C=O) groups is 2. The molecule has 0 spiro atoms. The van der Waals surface area contributed by atoms with Crippen molar-refractivity contribution >= 4 is 39.1 Å². The Labute approximate surface area is 215 Å². The van der Waals surface area contributed by atoms with Crippen LogP contribution in [0.2, 0.25) is 0 Å². The lowest BCUT2D eigenvalue weighted by Crippen LogP contribution is -2.17. The summed E-state index contributed by atoms with van der Waals surface area (Å²) in [5.41, 5.74) is 6.92. The Morgan fingerprint density at radius 3 is 2.69 bits per heavy atom. The van der Waals surface area contributed by atoms with Crippen LogP contribution in [-0.2, 0) is 17.6 Å². The topological polar surface area (TPSA) is 68.3 Å². The maximum absolute atomic E-state index is 13.8. The number of para-hydroxylation sites is 1. The van der Waals surface area contributed by atoms with Gasteiger partial charge in [0.25, 0.3) is 5.91 Å². The first-order chi connectivity index (χ1) is 17.4. The molecular formula is C30H30N2O3S. The number of anilines is 1. The van der Waals surface area contributed by atoms with E-state index in [1.165, 1.54) is 27.3 Å². The Bertz CT molecular complexity index is 1490. The van der Waals surface area contributed by atoms with Crippen LogP contribution in [0, 0.1) is 19.8 Å². The third-order valence-electron chi connectivity index (χ3n) is 6.98. The second-order valence-corrected chi connectivity index (χ2v) is 10.7. The van der Waals surface area contributed by atoms with Crippen LogP contribution in [0.3, 0.4) is 0 Å². The van der Waals surface area contributed by atoms with E-state index in [0.29, 0.717) is 28.7 Å². The molecule has 184 valence electrons. The second-order valence-electron chi connectivity index (χ2n) is 9.60. The largest absolute Gasteiger partial charge is 0.462 e. The quantitative estimate of drug-likeness (QED) is 0.297. The molecule has 1 aliphatic rings. The molecular weight excluding hydrogens is 468 g/mol. The smallest absolute Gasteiger partial charge is 0.341 e. The SMILES string of the molecule is CCOC(=O)c1c(NC(=O)c2cc(-c3ccc(C)c(C)c3)nc3ccccc23)sc2c1CC[C@@H](C)C2. The predicted octanol–water partition coefficient (Wildman–Crippen LogP) is 7.13. The van der Waals surface area contributed by atoms with Gasteiger partial charge in [-0.1, -0.05) is 37.3 Å². The van der Waals surface area contributed by atoms with Gasteiger partial charge in [0, 0.05) is 15.8 Å². The van der Waals surface area contributed by atoms with Crippen molar-refractivity contribution in [3.63, 3.8) is 0 Å². The van der Waals surface area contributed by atoms with Crippen molar-refractivity contribution in [1.29, 1.82) is 0 Å². The van der Waals surface area contributed by atoms with Gasteiger partial charge in [0.1, 0.15) is 5.00 Å². The Hall–Kier alpha value is -3.51. The number of esters is 1. The predicted molar refractivity (Wildman–Crippen MR) is 146 cm³/mol. The number of ether oxygens (including phenoxy) is 1. The van der Waals surface area contributed by atoms with Crippen molar-refractivity contribution in [3.8, 4) is 11.3 Å². The monoisotopic (exact) mass is 498 g/mol. The summed E-state index contributed by atoms with van der Waals surface area (Å²) in [7, 11) is 0. The Morgan fingerprint density at radius 2 is 1.92 bits per heavy atom. The van der Waals surface area contributed by atoms with Gasteiger partial charge < -0.3 is 10.1 Å². The molecule has 0 saturated carbocycles. The van der Waals surface area contributed by atoms with E-state index in [9.17, 15) is 9.59 Å². The number of aromatic nitrogens is 1. The maximum Gasteiger partial charge on any atom is 0.341 e. The van der Waals surface area contributed by atoms with E-state index < -0.39 is 0 Å². The third-order valence-corrected chi connectivity index (χ3v) is 8.15. The molecule has 5 nitrogen and oxygen atoms in total. The van der Waals surface area contributed by atoms with Crippen molar-refractivity contribution in [3.05, 3.63) is 81.2 Å². The van der Waals surface area contributed by atoms with Gasteiger partial charge in [-0.05, 0) is 80.8 Å². The lowest BCUT2D eigenvalue weighted by atomic mass is 9.88. The number of hydrogen-bond acceptors (Lipinski definition) is 5. The first kappa shape index (κ1) is 24.2. The molecule has 0 unspecified atom stereocenters. The molecule has 0 fully saturated rings. The fraction of sp³-hybridized carbons (Fsp3) is 0.300. The number of hydrogen-bond donors (Lipinski definition) is 1. The average molecular weight is 499 g/mol. The number of benzene rings is 2. The van der Waals surface area contributed by atoms with Crippen LogP contribution in [0.15, 0.2) is 48.5 Å². The Balaban J connectivity index is 1.58. The van der Waals surface area contributed by atoms with Crippen LogP contribution < -0.4 is 5.32 Å². The van der Waals surface area contributed by atoms with E-state index >= 15 is 0 Å². The summed E-state index contributed by atoms with van der Waals surface area (Å²) in [6.07, 6.45) is 2.77. The highest BCUT2D eigenvalue weighted by molar-refractivity contribution is 7.17. The van der Waals surface area contributed by atoms with E-state index in [1.54, 1.807) is 6.92 Å². The van der Waals surface area contributed by atoms with Crippen LogP contribution in [-0.4, -0.2) is 23.5 Å². The minimum atomic E-state index is -0.366. The normalized spacial score (nSPS) is 14.9. The molecule has 2 aromatic carbocycles. The minimum Gasteiger partial charge on any atom is -0.462 e. The number of pyridine rings is 1. The zero-order valence-corrected chi connectivity index (χ0v) is 21.9. The van der Waals surface area contributed by atoms with E-state index in [2.05, 4.69) is 38.2 Å². The molecule has 0 radical (unpaired) electrons. The summed E-state index contributed by atoms with van der Waals surface area (Å²) >= 11 is 1.50. The molecule has 2 heterocycles. The second kappa shape index (κ2) is 9.86. The van der Waals surface area contributed by atoms with Gasteiger partial charge in [-0.3, -0.25) is 4.79 Å². The number of nitrogens with zero attached hydrogens (tertiary/aromatic N) is 1. The van der Waals surface area contributed by atoms with Gasteiger partial charge in [0.15, 0.2) is 0 Å². The van der Waals surface area contributed by atoms with E-state index in [0.717, 1.165) is 47.0 Å². The van der Waals surface area contributed by atoms with Crippen LogP contribution in [0.5, 0.6) is 0 Å². The van der Waals surface area contributed by atoms with Crippen molar-refractivity contribution in [1.82, 2.24) is 4.98 Å². The number of rotatable bonds is 5. The lowest BCUT2D eigenvalue weighted by Gasteiger charge is -2.18. The average Bonchev–Trinajstić information content (AvgIpc) is 3.21. The van der Waals surface area contributed by atoms with Crippen LogP contribution in [0.25, 0.3) is 22.2 Å². The van der Waals surface area contributed by atoms with Crippen LogP contribution in [0.1, 0.15) is 62.6 Å². The zero-order valence-electron chi connectivity index (χ0n) is 21.1. The number of amides is 1. The number of nitrogens with one attached hydrogen (secondary N) is 1. The number of carbonyl (C=O) groups excluding carboxylic acids is 2. The summed E-state index contributed by atoms with van der Waals surface area (Å²) in [5.74, 6) is -0.0643. The fourth-order valence-corrected chi connectivity index (χ4v) is 6.23. The van der Waals surface area contributed by atoms with Crippen molar-refractivity contribution in [2.45, 2.75) is 47.0 Å². The molecule has 1 amide bonds. The third kappa shape index (κ3) is 4.53. The van der Waals surface area contributed by atoms with Gasteiger partial charge in [-0.2, -0.15) is 0 Å². The fourth-order valence-electron chi connectivity index (χ4n) is 4.84. The van der Waals surface area contributed by atoms with Gasteiger partial charge >= 0.3 is 5.97 Å². The van der Waals surface area contributed by atoms with Gasteiger partial charge in [0.05, 0.1) is 28.9 Å². The summed E-state index contributed by atoms with van der Waals surface area (Å²) < 4.78 is 5.38. The van der Waals surface area contributed by atoms with Crippen LogP contribution >= 0.6 is 11.3 Å². The standard InChI is InChI=1S/C30H30N2O3S/c1-5-35-30(34)27-22-13-10-17(2)14-26(22)36-29(27)32-28(33)23-16-25(20-12-11-18(3)19(4)15-20)31-24-9-7-6-8-21(23)24/h6-9,11-12,15-17H,5,10,13-14H2,1-4H3,(H,32,33)/t17-/m1/s1. The Morgan fingerprint density at radius 1 is 1.11 bits per heavy atom. The Kier molecular flexibility index (Phi) is 6.63. The molecule has 4 aromatic rings. The molecule has 5 rings (SSSR count). The molecule has 36 heavy (non-hydrogen) atoms. The zero-order chi connectivity index (χ0) is 25.4. The van der Waals surface area contributed by atoms with E-state index in [4.69, 9.17) is 9.72 Å². The van der Waals surface area contributed by atoms with Crippen molar-refractivity contribution < 1.29 is 14.3 Å². The van der Waals surface area contributed by atoms with Crippen molar-refractivity contribution in [2.24, 2.45) is 5.92 Å². The maximum atomic E-state index is 13.8. The molecule has 6 heteroatoms. The van der Waals surface area contributed by atoms with Crippen LogP contribution in [0.4, 0.5) is 5.00 Å². The highest BCUT2D eigenvalue weighted by Crippen LogP contribution is 2.40. The first-order valence-corrected chi connectivity index (χ1v) is 13.3. The summed E-state index contributed by atoms with van der Waals surface area (Å²) in [4.78, 5) is 32.7. The van der Waals surface area contributed by atoms with Crippen molar-refractivity contribution in [2.75, 3.05) is 11.9 Å².